The number of piperazine rings is 1. The van der Waals surface area contributed by atoms with Gasteiger partial charge in [-0.3, -0.25) is 14.9 Å². The summed E-state index contributed by atoms with van der Waals surface area (Å²) >= 11 is 13.0. The number of hydrogen-bond acceptors (Lipinski definition) is 5. The lowest BCUT2D eigenvalue weighted by Crippen LogP contribution is -2.53. The van der Waals surface area contributed by atoms with Gasteiger partial charge in [0.15, 0.2) is 5.11 Å². The number of thiophene rings is 1. The molecule has 1 amide bonds. The molecule has 2 aromatic rings. The van der Waals surface area contributed by atoms with Crippen LogP contribution < -0.4 is 5.32 Å². The molecular formula is C17H19ClN4O3S2. The van der Waals surface area contributed by atoms with E-state index in [-0.39, 0.29) is 17.6 Å². The Morgan fingerprint density at radius 1 is 1.30 bits per heavy atom. The Morgan fingerprint density at radius 2 is 1.93 bits per heavy atom. The number of nitro benzene ring substituents is 1. The largest absolute Gasteiger partial charge is 0.360 e. The summed E-state index contributed by atoms with van der Waals surface area (Å²) < 4.78 is 0.637. The molecular weight excluding hydrogens is 408 g/mol. The van der Waals surface area contributed by atoms with Crippen molar-refractivity contribution >= 4 is 61.9 Å². The Balaban J connectivity index is 1.74. The highest BCUT2D eigenvalue weighted by Crippen LogP contribution is 2.37. The topological polar surface area (TPSA) is 78.7 Å². The molecule has 0 aliphatic carbocycles. The van der Waals surface area contributed by atoms with Crippen molar-refractivity contribution < 1.29 is 9.72 Å². The lowest BCUT2D eigenvalue weighted by molar-refractivity contribution is -0.384. The number of fused-ring (bicyclic) bond motifs is 1. The van der Waals surface area contributed by atoms with Crippen molar-refractivity contribution in [1.29, 1.82) is 0 Å². The van der Waals surface area contributed by atoms with Gasteiger partial charge in [0.05, 0.1) is 9.95 Å². The number of halogens is 1. The number of thiocarbonyl (C=S) groups is 1. The van der Waals surface area contributed by atoms with Crippen LogP contribution in [0.2, 0.25) is 5.02 Å². The Labute approximate surface area is 171 Å². The maximum Gasteiger partial charge on any atom is 0.270 e. The fraction of sp³-hybridized carbons (Fsp3) is 0.412. The van der Waals surface area contributed by atoms with E-state index in [4.69, 9.17) is 23.8 Å². The minimum atomic E-state index is -0.456. The van der Waals surface area contributed by atoms with Gasteiger partial charge in [0.2, 0.25) is 0 Å². The molecule has 3 rings (SSSR count). The van der Waals surface area contributed by atoms with Gasteiger partial charge < -0.3 is 15.1 Å². The third kappa shape index (κ3) is 4.15. The van der Waals surface area contributed by atoms with E-state index in [0.29, 0.717) is 51.3 Å². The van der Waals surface area contributed by atoms with Crippen molar-refractivity contribution in [2.45, 2.75) is 19.9 Å². The first-order chi connectivity index (χ1) is 12.8. The van der Waals surface area contributed by atoms with Crippen LogP contribution in [-0.2, 0) is 0 Å². The van der Waals surface area contributed by atoms with E-state index in [9.17, 15) is 14.9 Å². The van der Waals surface area contributed by atoms with Crippen molar-refractivity contribution in [3.8, 4) is 0 Å². The molecule has 0 radical (unpaired) electrons. The minimum Gasteiger partial charge on any atom is -0.360 e. The van der Waals surface area contributed by atoms with Crippen LogP contribution >= 0.6 is 35.2 Å². The number of benzene rings is 1. The molecule has 1 saturated heterocycles. The lowest BCUT2D eigenvalue weighted by Gasteiger charge is -2.36. The normalized spacial score (nSPS) is 14.7. The number of nitrogens with zero attached hydrogens (tertiary/aromatic N) is 3. The summed E-state index contributed by atoms with van der Waals surface area (Å²) in [4.78, 5) is 27.6. The van der Waals surface area contributed by atoms with Gasteiger partial charge in [-0.05, 0) is 32.1 Å². The van der Waals surface area contributed by atoms with Gasteiger partial charge in [0, 0.05) is 54.4 Å². The number of nitrogens with one attached hydrogen (secondary N) is 1. The van der Waals surface area contributed by atoms with Crippen molar-refractivity contribution in [3.05, 3.63) is 38.2 Å². The molecule has 1 aliphatic heterocycles. The average Bonchev–Trinajstić information content (AvgIpc) is 2.96. The minimum absolute atomic E-state index is 0.0146. The Bertz CT molecular complexity index is 907. The van der Waals surface area contributed by atoms with E-state index in [0.717, 1.165) is 0 Å². The van der Waals surface area contributed by atoms with Gasteiger partial charge in [0.25, 0.3) is 11.6 Å². The first-order valence-corrected chi connectivity index (χ1v) is 10.1. The molecule has 0 unspecified atom stereocenters. The van der Waals surface area contributed by atoms with Crippen molar-refractivity contribution in [2.75, 3.05) is 26.2 Å². The van der Waals surface area contributed by atoms with Crippen LogP contribution in [0.15, 0.2) is 18.2 Å². The van der Waals surface area contributed by atoms with Gasteiger partial charge in [-0.1, -0.05) is 11.6 Å². The highest BCUT2D eigenvalue weighted by atomic mass is 35.5. The Kier molecular flexibility index (Phi) is 5.83. The monoisotopic (exact) mass is 426 g/mol. The van der Waals surface area contributed by atoms with E-state index in [1.54, 1.807) is 11.0 Å². The molecule has 2 heterocycles. The molecule has 7 nitrogen and oxygen atoms in total. The summed E-state index contributed by atoms with van der Waals surface area (Å²) in [5, 5.41) is 15.9. The summed E-state index contributed by atoms with van der Waals surface area (Å²) in [6.07, 6.45) is 0. The quantitative estimate of drug-likeness (QED) is 0.459. The maximum atomic E-state index is 12.9. The van der Waals surface area contributed by atoms with Gasteiger partial charge in [-0.15, -0.1) is 11.3 Å². The van der Waals surface area contributed by atoms with E-state index in [1.165, 1.54) is 23.5 Å². The van der Waals surface area contributed by atoms with Crippen molar-refractivity contribution in [2.24, 2.45) is 0 Å². The maximum absolute atomic E-state index is 12.9. The predicted octanol–water partition coefficient (Wildman–Crippen LogP) is 3.50. The molecule has 0 atom stereocenters. The molecule has 144 valence electrons. The summed E-state index contributed by atoms with van der Waals surface area (Å²) in [6, 6.07) is 4.71. The molecule has 0 saturated carbocycles. The average molecular weight is 427 g/mol. The van der Waals surface area contributed by atoms with Crippen molar-refractivity contribution in [3.63, 3.8) is 0 Å². The van der Waals surface area contributed by atoms with E-state index < -0.39 is 4.92 Å². The van der Waals surface area contributed by atoms with Gasteiger partial charge >= 0.3 is 0 Å². The molecule has 0 bridgehead atoms. The van der Waals surface area contributed by atoms with Crippen LogP contribution in [0, 0.1) is 10.1 Å². The highest BCUT2D eigenvalue weighted by Gasteiger charge is 2.27. The summed E-state index contributed by atoms with van der Waals surface area (Å²) in [5.41, 5.74) is -0.0146. The number of amides is 1. The third-order valence-corrected chi connectivity index (χ3v) is 6.31. The standard InChI is InChI=1S/C17H19ClN4O3S2/c1-10(2)19-17(26)21-7-5-20(6-8-21)16(23)15-14(18)12-4-3-11(22(24)25)9-13(12)27-15/h3-4,9-10H,5-8H2,1-2H3,(H,19,26). The molecule has 1 aromatic heterocycles. The zero-order valence-corrected chi connectivity index (χ0v) is 17.3. The van der Waals surface area contributed by atoms with E-state index >= 15 is 0 Å². The van der Waals surface area contributed by atoms with Gasteiger partial charge in [-0.25, -0.2) is 0 Å². The van der Waals surface area contributed by atoms with Gasteiger partial charge in [0.1, 0.15) is 4.88 Å². The number of non-ortho nitro benzene ring substituents is 1. The van der Waals surface area contributed by atoms with Crippen LogP contribution in [0.1, 0.15) is 23.5 Å². The van der Waals surface area contributed by atoms with E-state index in [2.05, 4.69) is 10.2 Å². The predicted molar refractivity (Wildman–Crippen MR) is 112 cm³/mol. The molecule has 10 heteroatoms. The number of nitro groups is 1. The van der Waals surface area contributed by atoms with Crippen LogP contribution in [0.5, 0.6) is 0 Å². The second-order valence-electron chi connectivity index (χ2n) is 6.57. The fourth-order valence-corrected chi connectivity index (χ4v) is 4.83. The summed E-state index contributed by atoms with van der Waals surface area (Å²) in [5.74, 6) is -0.147. The molecule has 1 aliphatic rings. The zero-order valence-electron chi connectivity index (χ0n) is 14.9. The smallest absolute Gasteiger partial charge is 0.270 e. The van der Waals surface area contributed by atoms with Crippen LogP contribution in [-0.4, -0.2) is 58.0 Å². The number of carbonyl (C=O) groups is 1. The van der Waals surface area contributed by atoms with Crippen molar-refractivity contribution in [1.82, 2.24) is 15.1 Å². The summed E-state index contributed by atoms with van der Waals surface area (Å²) in [7, 11) is 0. The Morgan fingerprint density at radius 3 is 2.52 bits per heavy atom. The third-order valence-electron chi connectivity index (χ3n) is 4.28. The molecule has 1 fully saturated rings. The molecule has 1 N–H and O–H groups in total. The fourth-order valence-electron chi connectivity index (χ4n) is 2.90. The zero-order chi connectivity index (χ0) is 19.7. The van der Waals surface area contributed by atoms with Crippen LogP contribution in [0.25, 0.3) is 10.1 Å². The molecule has 1 aromatic carbocycles. The first kappa shape index (κ1) is 19.8. The summed E-state index contributed by atoms with van der Waals surface area (Å²) in [6.45, 7) is 6.45. The highest BCUT2D eigenvalue weighted by molar-refractivity contribution is 7.80. The Hall–Kier alpha value is -1.97. The number of carbonyl (C=O) groups excluding carboxylic acids is 1. The SMILES string of the molecule is CC(C)NC(=S)N1CCN(C(=O)c2sc3cc([N+](=O)[O-])ccc3c2Cl)CC1. The van der Waals surface area contributed by atoms with Crippen LogP contribution in [0.3, 0.4) is 0 Å². The first-order valence-electron chi connectivity index (χ1n) is 8.49. The second kappa shape index (κ2) is 7.95. The van der Waals surface area contributed by atoms with Gasteiger partial charge in [-0.2, -0.15) is 0 Å². The number of rotatable bonds is 3. The lowest BCUT2D eigenvalue weighted by atomic mass is 10.2. The van der Waals surface area contributed by atoms with Crippen LogP contribution in [0.4, 0.5) is 5.69 Å². The molecule has 27 heavy (non-hydrogen) atoms. The molecule has 0 spiro atoms. The number of hydrogen-bond donors (Lipinski definition) is 1. The van der Waals surface area contributed by atoms with E-state index in [1.807, 2.05) is 13.8 Å². The second-order valence-corrected chi connectivity index (χ2v) is 8.38.